The second-order valence-corrected chi connectivity index (χ2v) is 10.2. The second-order valence-electron chi connectivity index (χ2n) is 10.2. The molecule has 42 heavy (non-hydrogen) atoms. The first-order valence-corrected chi connectivity index (χ1v) is 14.1. The monoisotopic (exact) mass is 549 g/mol. The molecule has 1 heterocycles. The average Bonchev–Trinajstić information content (AvgIpc) is 3.42. The lowest BCUT2D eigenvalue weighted by Crippen LogP contribution is -2.04. The number of nitrogens with one attached hydrogen (secondary N) is 1. The molecule has 1 aromatic heterocycles. The molecule has 0 fully saturated rings. The van der Waals surface area contributed by atoms with Gasteiger partial charge < -0.3 is 14.8 Å². The lowest BCUT2D eigenvalue weighted by molar-refractivity contribution is 0.0690. The number of ether oxygens (including phenoxy) is 1. The molecule has 0 aliphatic rings. The molecule has 6 aromatic rings. The van der Waals surface area contributed by atoms with Crippen molar-refractivity contribution in [3.8, 4) is 5.75 Å². The van der Waals surface area contributed by atoms with E-state index in [1.165, 1.54) is 0 Å². The van der Waals surface area contributed by atoms with E-state index in [9.17, 15) is 9.90 Å². The smallest absolute Gasteiger partial charge is 0.352 e. The van der Waals surface area contributed by atoms with Crippen LogP contribution in [0, 0.1) is 0 Å². The van der Waals surface area contributed by atoms with Crippen molar-refractivity contribution in [1.29, 1.82) is 0 Å². The third-order valence-electron chi connectivity index (χ3n) is 7.43. The Morgan fingerprint density at radius 2 is 1.29 bits per heavy atom. The Morgan fingerprint density at radius 1 is 0.667 bits per heavy atom. The predicted octanol–water partition coefficient (Wildman–Crippen LogP) is 9.37. The van der Waals surface area contributed by atoms with Crippen molar-refractivity contribution >= 4 is 51.9 Å². The van der Waals surface area contributed by atoms with Crippen LogP contribution >= 0.6 is 0 Å². The summed E-state index contributed by atoms with van der Waals surface area (Å²) in [6, 6.07) is 38.7. The number of carboxylic acids is 1. The topological polar surface area (TPSA) is 62.3 Å². The van der Waals surface area contributed by atoms with Gasteiger partial charge >= 0.3 is 5.97 Å². The highest BCUT2D eigenvalue weighted by molar-refractivity contribution is 6.01. The molecular formula is C38H31NO3. The van der Waals surface area contributed by atoms with E-state index in [2.05, 4.69) is 77.8 Å². The average molecular weight is 550 g/mol. The van der Waals surface area contributed by atoms with E-state index < -0.39 is 5.97 Å². The van der Waals surface area contributed by atoms with Crippen LogP contribution in [0.2, 0.25) is 0 Å². The molecule has 0 unspecified atom stereocenters. The summed E-state index contributed by atoms with van der Waals surface area (Å²) in [6.07, 6.45) is 9.58. The predicted molar refractivity (Wildman–Crippen MR) is 174 cm³/mol. The van der Waals surface area contributed by atoms with Crippen LogP contribution < -0.4 is 4.74 Å². The number of carbonyl (C=O) groups is 1. The van der Waals surface area contributed by atoms with Crippen LogP contribution in [-0.4, -0.2) is 22.7 Å². The highest BCUT2D eigenvalue weighted by atomic mass is 16.5. The van der Waals surface area contributed by atoms with Crippen molar-refractivity contribution in [2.75, 3.05) is 6.61 Å². The Hall–Kier alpha value is -5.35. The van der Waals surface area contributed by atoms with Crippen LogP contribution in [0.3, 0.4) is 0 Å². The van der Waals surface area contributed by atoms with Crippen molar-refractivity contribution in [3.05, 3.63) is 149 Å². The summed E-state index contributed by atoms with van der Waals surface area (Å²) in [5.74, 6) is -0.108. The number of rotatable bonds is 10. The third kappa shape index (κ3) is 6.03. The Labute approximate surface area is 245 Å². The minimum absolute atomic E-state index is 0.241. The maximum absolute atomic E-state index is 12.2. The van der Waals surface area contributed by atoms with Crippen LogP contribution in [0.25, 0.3) is 46.0 Å². The van der Waals surface area contributed by atoms with Gasteiger partial charge in [0.05, 0.1) is 12.1 Å². The number of aromatic amines is 1. The van der Waals surface area contributed by atoms with Gasteiger partial charge in [0, 0.05) is 10.8 Å². The quantitative estimate of drug-likeness (QED) is 0.132. The van der Waals surface area contributed by atoms with Crippen molar-refractivity contribution in [1.82, 2.24) is 4.98 Å². The molecule has 0 saturated carbocycles. The standard InChI is InChI=1S/C38H31NO3/c40-38(41)37-34(16-8-26-42-35-17-7-12-30-11-4-5-14-32(30)35)33-15-6-13-31(36(33)39-37)25-24-29-22-20-28(21-23-29)19-18-27-9-2-1-3-10-27/h1-7,9-15,17-25,39H,8,16,26H2,(H,40,41)/b19-18+,25-24?. The molecule has 0 bridgehead atoms. The van der Waals surface area contributed by atoms with E-state index in [4.69, 9.17) is 4.74 Å². The molecule has 6 rings (SSSR count). The van der Waals surface area contributed by atoms with E-state index in [0.29, 0.717) is 19.4 Å². The van der Waals surface area contributed by atoms with Crippen molar-refractivity contribution in [3.63, 3.8) is 0 Å². The third-order valence-corrected chi connectivity index (χ3v) is 7.43. The molecule has 206 valence electrons. The van der Waals surface area contributed by atoms with Crippen molar-refractivity contribution in [2.45, 2.75) is 12.8 Å². The highest BCUT2D eigenvalue weighted by Gasteiger charge is 2.18. The number of carboxylic acid groups (broad SMARTS) is 1. The van der Waals surface area contributed by atoms with Crippen LogP contribution in [0.1, 0.15) is 44.7 Å². The zero-order valence-electron chi connectivity index (χ0n) is 23.2. The zero-order valence-corrected chi connectivity index (χ0v) is 23.2. The summed E-state index contributed by atoms with van der Waals surface area (Å²) in [5, 5.41) is 13.1. The minimum Gasteiger partial charge on any atom is -0.493 e. The number of hydrogen-bond acceptors (Lipinski definition) is 2. The fourth-order valence-corrected chi connectivity index (χ4v) is 5.29. The van der Waals surface area contributed by atoms with E-state index in [1.807, 2.05) is 66.7 Å². The first kappa shape index (κ1) is 26.9. The van der Waals surface area contributed by atoms with Crippen LogP contribution in [0.4, 0.5) is 0 Å². The number of H-pyrrole nitrogens is 1. The number of para-hydroxylation sites is 1. The van der Waals surface area contributed by atoms with Crippen LogP contribution in [0.15, 0.2) is 115 Å². The number of hydrogen-bond donors (Lipinski definition) is 2. The van der Waals surface area contributed by atoms with Gasteiger partial charge in [-0.25, -0.2) is 4.79 Å². The summed E-state index contributed by atoms with van der Waals surface area (Å²) < 4.78 is 6.11. The van der Waals surface area contributed by atoms with Gasteiger partial charge in [0.2, 0.25) is 0 Å². The summed E-state index contributed by atoms with van der Waals surface area (Å²) in [7, 11) is 0. The Bertz CT molecular complexity index is 1890. The summed E-state index contributed by atoms with van der Waals surface area (Å²) in [5.41, 5.74) is 6.19. The molecule has 0 amide bonds. The van der Waals surface area contributed by atoms with Crippen LogP contribution in [0.5, 0.6) is 5.75 Å². The summed E-state index contributed by atoms with van der Waals surface area (Å²) in [4.78, 5) is 15.4. The number of fused-ring (bicyclic) bond motifs is 2. The molecule has 5 aromatic carbocycles. The second kappa shape index (κ2) is 12.4. The Kier molecular flexibility index (Phi) is 7.96. The van der Waals surface area contributed by atoms with E-state index in [0.717, 1.165) is 55.2 Å². The van der Waals surface area contributed by atoms with Crippen molar-refractivity contribution < 1.29 is 14.6 Å². The van der Waals surface area contributed by atoms with Crippen LogP contribution in [-0.2, 0) is 6.42 Å². The van der Waals surface area contributed by atoms with Gasteiger partial charge in [0.25, 0.3) is 0 Å². The Morgan fingerprint density at radius 3 is 2.05 bits per heavy atom. The van der Waals surface area contributed by atoms with Gasteiger partial charge in [0.1, 0.15) is 11.4 Å². The lowest BCUT2D eigenvalue weighted by atomic mass is 10.0. The first-order chi connectivity index (χ1) is 20.7. The molecule has 0 saturated heterocycles. The fourth-order valence-electron chi connectivity index (χ4n) is 5.29. The van der Waals surface area contributed by atoms with E-state index in [-0.39, 0.29) is 5.69 Å². The van der Waals surface area contributed by atoms with Crippen molar-refractivity contribution in [2.24, 2.45) is 0 Å². The number of aryl methyl sites for hydroxylation is 1. The molecule has 0 atom stereocenters. The molecule has 0 aliphatic heterocycles. The molecule has 4 heteroatoms. The van der Waals surface area contributed by atoms with Gasteiger partial charge in [-0.1, -0.05) is 133 Å². The van der Waals surface area contributed by atoms with Gasteiger partial charge in [-0.15, -0.1) is 0 Å². The summed E-state index contributed by atoms with van der Waals surface area (Å²) in [6.45, 7) is 0.496. The maximum atomic E-state index is 12.2. The molecule has 0 aliphatic carbocycles. The number of aromatic nitrogens is 1. The van der Waals surface area contributed by atoms with E-state index >= 15 is 0 Å². The molecule has 2 N–H and O–H groups in total. The van der Waals surface area contributed by atoms with Gasteiger partial charge in [-0.05, 0) is 52.1 Å². The molecule has 0 spiro atoms. The zero-order chi connectivity index (χ0) is 28.7. The minimum atomic E-state index is -0.953. The van der Waals surface area contributed by atoms with Gasteiger partial charge in [0.15, 0.2) is 0 Å². The molecule has 4 nitrogen and oxygen atoms in total. The Balaban J connectivity index is 1.16. The van der Waals surface area contributed by atoms with Gasteiger partial charge in [-0.2, -0.15) is 0 Å². The lowest BCUT2D eigenvalue weighted by Gasteiger charge is -2.09. The number of benzene rings is 5. The SMILES string of the molecule is O=C(O)c1[nH]c2c(C=Cc3ccc(/C=C/c4ccccc4)cc3)cccc2c1CCCOc1cccc2ccccc12. The maximum Gasteiger partial charge on any atom is 0.352 e. The van der Waals surface area contributed by atoms with Gasteiger partial charge in [-0.3, -0.25) is 0 Å². The molecular weight excluding hydrogens is 518 g/mol. The fraction of sp³-hybridized carbons (Fsp3) is 0.0789. The normalized spacial score (nSPS) is 11.6. The van der Waals surface area contributed by atoms with E-state index in [1.54, 1.807) is 0 Å². The number of aromatic carboxylic acids is 1. The summed E-state index contributed by atoms with van der Waals surface area (Å²) >= 11 is 0. The molecule has 0 radical (unpaired) electrons. The first-order valence-electron chi connectivity index (χ1n) is 14.1. The highest BCUT2D eigenvalue weighted by Crippen LogP contribution is 2.29. The largest absolute Gasteiger partial charge is 0.493 e.